The number of rotatable bonds is 6. The van der Waals surface area contributed by atoms with E-state index in [0.717, 1.165) is 38.0 Å². The topological polar surface area (TPSA) is 66.8 Å². The van der Waals surface area contributed by atoms with Gasteiger partial charge < -0.3 is 14.9 Å². The van der Waals surface area contributed by atoms with E-state index in [1.807, 2.05) is 20.8 Å². The molecule has 4 fully saturated rings. The molecule has 4 nitrogen and oxygen atoms in total. The van der Waals surface area contributed by atoms with E-state index in [1.54, 1.807) is 0 Å². The molecule has 10 atom stereocenters. The van der Waals surface area contributed by atoms with E-state index in [1.165, 1.54) is 25.7 Å². The number of hydrogen-bond donors (Lipinski definition) is 2. The van der Waals surface area contributed by atoms with Crippen molar-refractivity contribution in [3.63, 3.8) is 0 Å². The number of aliphatic hydroxyl groups excluding tert-OH is 1. The van der Waals surface area contributed by atoms with Crippen molar-refractivity contribution in [2.75, 3.05) is 0 Å². The van der Waals surface area contributed by atoms with Gasteiger partial charge in [-0.15, -0.1) is 0 Å². The minimum absolute atomic E-state index is 0.0737. The van der Waals surface area contributed by atoms with E-state index in [4.69, 9.17) is 4.74 Å². The van der Waals surface area contributed by atoms with Crippen LogP contribution in [0.3, 0.4) is 0 Å². The second-order valence-corrected chi connectivity index (χ2v) is 15.0. The molecule has 0 saturated heterocycles. The molecule has 10 unspecified atom stereocenters. The van der Waals surface area contributed by atoms with Crippen LogP contribution in [-0.2, 0) is 9.53 Å². The summed E-state index contributed by atoms with van der Waals surface area (Å²) in [7, 11) is 0. The van der Waals surface area contributed by atoms with Crippen LogP contribution in [0.15, 0.2) is 0 Å². The van der Waals surface area contributed by atoms with Crippen LogP contribution < -0.4 is 0 Å². The molecule has 4 heteroatoms. The Morgan fingerprint density at radius 2 is 1.69 bits per heavy atom. The lowest BCUT2D eigenvalue weighted by molar-refractivity contribution is -0.259. The molecular weight excluding hydrogens is 436 g/mol. The third-order valence-corrected chi connectivity index (χ3v) is 11.4. The van der Waals surface area contributed by atoms with E-state index in [0.29, 0.717) is 24.2 Å². The second kappa shape index (κ2) is 9.38. The van der Waals surface area contributed by atoms with Crippen molar-refractivity contribution in [3.8, 4) is 0 Å². The molecule has 0 aromatic heterocycles. The summed E-state index contributed by atoms with van der Waals surface area (Å²) in [6.45, 7) is 17.8. The Bertz CT molecular complexity index is 785. The lowest BCUT2D eigenvalue weighted by Gasteiger charge is -2.64. The zero-order valence-electron chi connectivity index (χ0n) is 23.9. The highest BCUT2D eigenvalue weighted by atomic mass is 16.5. The largest absolute Gasteiger partial charge is 0.386 e. The smallest absolute Gasteiger partial charge is 0.167 e. The van der Waals surface area contributed by atoms with Crippen LogP contribution in [0.5, 0.6) is 0 Å². The van der Waals surface area contributed by atoms with Crippen LogP contribution in [0.25, 0.3) is 0 Å². The molecule has 0 aromatic carbocycles. The SMILES string of the molecule is CC(C)CCCC(C)C1CCC2C3C(=O)C(O)C4(O)CC(OC(C)(C)C)CCC4(C)C3CCC12C. The first kappa shape index (κ1) is 27.6. The molecule has 4 rings (SSSR count). The summed E-state index contributed by atoms with van der Waals surface area (Å²) in [5, 5.41) is 23.5. The predicted molar refractivity (Wildman–Crippen MR) is 141 cm³/mol. The predicted octanol–water partition coefficient (Wildman–Crippen LogP) is 6.56. The number of carbonyl (C=O) groups is 1. The third-order valence-electron chi connectivity index (χ3n) is 11.4. The minimum Gasteiger partial charge on any atom is -0.386 e. The molecule has 0 aliphatic heterocycles. The van der Waals surface area contributed by atoms with Gasteiger partial charge in [0.05, 0.1) is 11.7 Å². The van der Waals surface area contributed by atoms with Crippen molar-refractivity contribution < 1.29 is 19.7 Å². The van der Waals surface area contributed by atoms with Crippen molar-refractivity contribution in [3.05, 3.63) is 0 Å². The molecule has 2 N–H and O–H groups in total. The van der Waals surface area contributed by atoms with Gasteiger partial charge >= 0.3 is 0 Å². The number of ketones is 1. The molecule has 4 aliphatic rings. The van der Waals surface area contributed by atoms with Crippen LogP contribution in [0.1, 0.15) is 120 Å². The van der Waals surface area contributed by atoms with Crippen molar-refractivity contribution in [2.45, 2.75) is 143 Å². The molecule has 35 heavy (non-hydrogen) atoms. The summed E-state index contributed by atoms with van der Waals surface area (Å²) in [6.07, 6.45) is 8.95. The van der Waals surface area contributed by atoms with Crippen LogP contribution in [0.2, 0.25) is 0 Å². The molecule has 4 saturated carbocycles. The highest BCUT2D eigenvalue weighted by Crippen LogP contribution is 2.68. The molecule has 202 valence electrons. The molecular formula is C31H54O4. The fourth-order valence-electron chi connectivity index (χ4n) is 9.58. The third kappa shape index (κ3) is 4.56. The fraction of sp³-hybridized carbons (Fsp3) is 0.968. The van der Waals surface area contributed by atoms with Crippen molar-refractivity contribution >= 4 is 5.78 Å². The minimum atomic E-state index is -1.39. The van der Waals surface area contributed by atoms with E-state index < -0.39 is 17.1 Å². The Hall–Kier alpha value is -0.450. The van der Waals surface area contributed by atoms with Crippen LogP contribution in [0.4, 0.5) is 0 Å². The first-order valence-corrected chi connectivity index (χ1v) is 14.8. The first-order valence-electron chi connectivity index (χ1n) is 14.8. The van der Waals surface area contributed by atoms with Gasteiger partial charge in [-0.25, -0.2) is 0 Å². The lowest BCUT2D eigenvalue weighted by atomic mass is 9.42. The van der Waals surface area contributed by atoms with Gasteiger partial charge in [-0.3, -0.25) is 4.79 Å². The zero-order valence-corrected chi connectivity index (χ0v) is 23.9. The summed E-state index contributed by atoms with van der Waals surface area (Å²) in [5.74, 6) is 2.42. The molecule has 0 bridgehead atoms. The van der Waals surface area contributed by atoms with Gasteiger partial charge in [0.15, 0.2) is 5.78 Å². The highest BCUT2D eigenvalue weighted by molar-refractivity contribution is 5.89. The van der Waals surface area contributed by atoms with Crippen molar-refractivity contribution in [1.82, 2.24) is 0 Å². The summed E-state index contributed by atoms with van der Waals surface area (Å²) in [6, 6.07) is 0. The number of aliphatic hydroxyl groups is 2. The van der Waals surface area contributed by atoms with E-state index in [2.05, 4.69) is 34.6 Å². The standard InChI is InChI=1S/C31H54O4/c1-19(2)10-9-11-20(3)22-12-13-23-25-24(15-16-29(22,23)7)30(8)17-14-21(35-28(4,5)6)18-31(30,34)27(33)26(25)32/h19-25,27,33-34H,9-18H2,1-8H3. The first-order chi connectivity index (χ1) is 16.1. The number of hydrogen-bond acceptors (Lipinski definition) is 4. The molecule has 0 radical (unpaired) electrons. The molecule has 0 amide bonds. The summed E-state index contributed by atoms with van der Waals surface area (Å²) in [4.78, 5) is 13.9. The van der Waals surface area contributed by atoms with E-state index >= 15 is 0 Å². The van der Waals surface area contributed by atoms with E-state index in [-0.39, 0.29) is 34.7 Å². The number of Topliss-reactive ketones (excluding diaryl/α,β-unsaturated/α-hetero) is 1. The Labute approximate surface area is 215 Å². The van der Waals surface area contributed by atoms with Gasteiger partial charge in [-0.05, 0) is 94.3 Å². The fourth-order valence-corrected chi connectivity index (χ4v) is 9.58. The van der Waals surface area contributed by atoms with Gasteiger partial charge in [-0.1, -0.05) is 53.9 Å². The molecule has 0 spiro atoms. The molecule has 4 aliphatic carbocycles. The monoisotopic (exact) mass is 490 g/mol. The second-order valence-electron chi connectivity index (χ2n) is 15.0. The van der Waals surface area contributed by atoms with Crippen LogP contribution in [0, 0.1) is 46.3 Å². The van der Waals surface area contributed by atoms with Crippen LogP contribution >= 0.6 is 0 Å². The highest BCUT2D eigenvalue weighted by Gasteiger charge is 2.70. The van der Waals surface area contributed by atoms with Gasteiger partial charge in [-0.2, -0.15) is 0 Å². The number of ether oxygens (including phenoxy) is 1. The summed E-state index contributed by atoms with van der Waals surface area (Å²) >= 11 is 0. The lowest BCUT2D eigenvalue weighted by Crippen LogP contribution is -2.72. The summed E-state index contributed by atoms with van der Waals surface area (Å²) in [5.41, 5.74) is -1.97. The Balaban J connectivity index is 1.56. The van der Waals surface area contributed by atoms with Gasteiger partial charge in [0.2, 0.25) is 0 Å². The summed E-state index contributed by atoms with van der Waals surface area (Å²) < 4.78 is 6.25. The Morgan fingerprint density at radius 3 is 2.31 bits per heavy atom. The Kier molecular flexibility index (Phi) is 7.39. The normalized spacial score (nSPS) is 46.8. The average Bonchev–Trinajstić information content (AvgIpc) is 3.09. The maximum Gasteiger partial charge on any atom is 0.167 e. The Morgan fingerprint density at radius 1 is 1.00 bits per heavy atom. The maximum absolute atomic E-state index is 13.9. The number of carbonyl (C=O) groups excluding carboxylic acids is 1. The number of fused-ring (bicyclic) bond motifs is 5. The molecule has 0 heterocycles. The zero-order chi connectivity index (χ0) is 26.0. The molecule has 0 aromatic rings. The van der Waals surface area contributed by atoms with Crippen molar-refractivity contribution in [1.29, 1.82) is 0 Å². The van der Waals surface area contributed by atoms with Crippen molar-refractivity contribution in [2.24, 2.45) is 46.3 Å². The maximum atomic E-state index is 13.9. The van der Waals surface area contributed by atoms with Crippen LogP contribution in [-0.4, -0.2) is 39.4 Å². The van der Waals surface area contributed by atoms with Gasteiger partial charge in [0, 0.05) is 17.8 Å². The average molecular weight is 491 g/mol. The van der Waals surface area contributed by atoms with Gasteiger partial charge in [0.25, 0.3) is 0 Å². The quantitative estimate of drug-likeness (QED) is 0.443. The van der Waals surface area contributed by atoms with Gasteiger partial charge in [0.1, 0.15) is 11.7 Å². The van der Waals surface area contributed by atoms with E-state index in [9.17, 15) is 15.0 Å².